The van der Waals surface area contributed by atoms with Crippen LogP contribution in [-0.4, -0.2) is 35.0 Å². The summed E-state index contributed by atoms with van der Waals surface area (Å²) in [5, 5.41) is 7.18. The number of hydrogen-bond acceptors (Lipinski definition) is 5. The van der Waals surface area contributed by atoms with E-state index in [1.807, 2.05) is 0 Å². The number of benzene rings is 2. The number of aromatic nitrogens is 1. The predicted octanol–water partition coefficient (Wildman–Crippen LogP) is 5.36. The number of H-pyrrole nitrogens is 1. The second kappa shape index (κ2) is 9.02. The highest BCUT2D eigenvalue weighted by molar-refractivity contribution is 7.09. The smallest absolute Gasteiger partial charge is 0.323 e. The van der Waals surface area contributed by atoms with Crippen molar-refractivity contribution < 1.29 is 9.53 Å². The molecule has 174 valence electrons. The Morgan fingerprint density at radius 1 is 1.06 bits per heavy atom. The van der Waals surface area contributed by atoms with Crippen molar-refractivity contribution >= 4 is 28.2 Å². The molecule has 6 heteroatoms. The lowest BCUT2D eigenvalue weighted by Crippen LogP contribution is -2.55. The van der Waals surface area contributed by atoms with Crippen LogP contribution in [0.25, 0.3) is 10.9 Å². The van der Waals surface area contributed by atoms with Crippen LogP contribution in [0.15, 0.2) is 72.1 Å². The Balaban J connectivity index is 1.44. The van der Waals surface area contributed by atoms with E-state index in [9.17, 15) is 4.79 Å². The highest BCUT2D eigenvalue weighted by Gasteiger charge is 2.48. The van der Waals surface area contributed by atoms with Gasteiger partial charge in [-0.05, 0) is 41.5 Å². The number of methoxy groups -OCH3 is 1. The van der Waals surface area contributed by atoms with Crippen LogP contribution in [0.5, 0.6) is 0 Å². The standard InChI is InChI=1S/C28H29N3O2S/c1-33-28(32)26-16-22-21-11-5-6-12-23(21)30-27(22)25-15-19(29-17-20-10-7-13-34-20)14-24(31(25)26)18-8-3-2-4-9-18/h2-13,19,24-26,29-30H,14-17H2,1H3/t19-,24-,25+,26-/m0/s1. The van der Waals surface area contributed by atoms with Crippen LogP contribution in [0.4, 0.5) is 0 Å². The second-order valence-electron chi connectivity index (χ2n) is 9.32. The maximum Gasteiger partial charge on any atom is 0.323 e. The number of fused-ring (bicyclic) bond motifs is 5. The topological polar surface area (TPSA) is 57.4 Å². The van der Waals surface area contributed by atoms with Crippen LogP contribution in [0, 0.1) is 0 Å². The van der Waals surface area contributed by atoms with Crippen LogP contribution in [0.1, 0.15) is 46.6 Å². The lowest BCUT2D eigenvalue weighted by atomic mass is 9.79. The van der Waals surface area contributed by atoms with Gasteiger partial charge in [-0.2, -0.15) is 0 Å². The molecule has 0 amide bonds. The van der Waals surface area contributed by atoms with Crippen molar-refractivity contribution in [2.75, 3.05) is 7.11 Å². The summed E-state index contributed by atoms with van der Waals surface area (Å²) >= 11 is 1.79. The normalized spacial score (nSPS) is 24.5. The molecule has 1 fully saturated rings. The Morgan fingerprint density at radius 2 is 1.85 bits per heavy atom. The monoisotopic (exact) mass is 471 g/mol. The lowest BCUT2D eigenvalue weighted by Gasteiger charge is -2.50. The number of para-hydroxylation sites is 1. The molecule has 2 aromatic heterocycles. The van der Waals surface area contributed by atoms with E-state index in [-0.39, 0.29) is 24.1 Å². The van der Waals surface area contributed by atoms with Crippen LogP contribution in [0.2, 0.25) is 0 Å². The first-order valence-electron chi connectivity index (χ1n) is 12.0. The molecule has 4 aromatic rings. The molecule has 0 aliphatic carbocycles. The van der Waals surface area contributed by atoms with Crippen molar-refractivity contribution in [3.63, 3.8) is 0 Å². The van der Waals surface area contributed by atoms with Crippen molar-refractivity contribution in [3.05, 3.63) is 93.8 Å². The van der Waals surface area contributed by atoms with Gasteiger partial charge in [-0.15, -0.1) is 11.3 Å². The Kier molecular flexibility index (Phi) is 5.73. The molecule has 2 aliphatic heterocycles. The zero-order valence-corrected chi connectivity index (χ0v) is 20.1. The van der Waals surface area contributed by atoms with Gasteiger partial charge in [0, 0.05) is 46.5 Å². The fraction of sp³-hybridized carbons (Fsp3) is 0.321. The molecule has 1 saturated heterocycles. The van der Waals surface area contributed by atoms with Crippen LogP contribution < -0.4 is 5.32 Å². The third-order valence-electron chi connectivity index (χ3n) is 7.48. The molecule has 0 radical (unpaired) electrons. The van der Waals surface area contributed by atoms with Gasteiger partial charge in [0.2, 0.25) is 0 Å². The van der Waals surface area contributed by atoms with Gasteiger partial charge in [-0.3, -0.25) is 9.69 Å². The minimum atomic E-state index is -0.301. The van der Waals surface area contributed by atoms with E-state index < -0.39 is 0 Å². The SMILES string of the molecule is COC(=O)[C@@H]1Cc2c([nH]c3ccccc23)[C@H]2C[C@@H](NCc3cccs3)C[C@@H](c3ccccc3)N21. The van der Waals surface area contributed by atoms with Crippen molar-refractivity contribution in [1.29, 1.82) is 0 Å². The van der Waals surface area contributed by atoms with Crippen LogP contribution in [-0.2, 0) is 22.5 Å². The zero-order valence-electron chi connectivity index (χ0n) is 19.2. The van der Waals surface area contributed by atoms with Crippen molar-refractivity contribution in [1.82, 2.24) is 15.2 Å². The first kappa shape index (κ1) is 21.6. The fourth-order valence-corrected chi connectivity index (χ4v) is 6.63. The van der Waals surface area contributed by atoms with Gasteiger partial charge in [-0.25, -0.2) is 0 Å². The summed E-state index contributed by atoms with van der Waals surface area (Å²) in [4.78, 5) is 20.7. The molecule has 2 aliphatic rings. The third kappa shape index (κ3) is 3.76. The quantitative estimate of drug-likeness (QED) is 0.385. The number of carbonyl (C=O) groups excluding carboxylic acids is 1. The number of nitrogens with zero attached hydrogens (tertiary/aromatic N) is 1. The number of carbonyl (C=O) groups is 1. The number of thiophene rings is 1. The molecule has 4 atom stereocenters. The molecule has 5 nitrogen and oxygen atoms in total. The molecule has 4 heterocycles. The van der Waals surface area contributed by atoms with E-state index in [4.69, 9.17) is 4.74 Å². The number of hydrogen-bond donors (Lipinski definition) is 2. The molecule has 0 saturated carbocycles. The molecule has 0 bridgehead atoms. The van der Waals surface area contributed by atoms with Crippen molar-refractivity contribution in [3.8, 4) is 0 Å². The van der Waals surface area contributed by atoms with Gasteiger partial charge in [0.25, 0.3) is 0 Å². The summed E-state index contributed by atoms with van der Waals surface area (Å²) in [7, 11) is 1.51. The number of piperidine rings is 1. The van der Waals surface area contributed by atoms with E-state index in [2.05, 4.69) is 87.3 Å². The molecule has 0 spiro atoms. The Hall–Kier alpha value is -2.93. The van der Waals surface area contributed by atoms with E-state index >= 15 is 0 Å². The first-order valence-corrected chi connectivity index (χ1v) is 12.9. The minimum Gasteiger partial charge on any atom is -0.468 e. The molecular formula is C28H29N3O2S. The summed E-state index contributed by atoms with van der Waals surface area (Å²) in [6.45, 7) is 0.872. The third-order valence-corrected chi connectivity index (χ3v) is 8.35. The van der Waals surface area contributed by atoms with Gasteiger partial charge >= 0.3 is 5.97 Å². The Labute approximate surface area is 203 Å². The lowest BCUT2D eigenvalue weighted by molar-refractivity contribution is -0.152. The number of rotatable bonds is 5. The van der Waals surface area contributed by atoms with E-state index in [1.54, 1.807) is 11.3 Å². The summed E-state index contributed by atoms with van der Waals surface area (Å²) in [6.07, 6.45) is 2.57. The molecule has 2 aromatic carbocycles. The average Bonchev–Trinajstić information content (AvgIpc) is 3.54. The summed E-state index contributed by atoms with van der Waals surface area (Å²) in [5.41, 5.74) is 4.91. The largest absolute Gasteiger partial charge is 0.468 e. The van der Waals surface area contributed by atoms with E-state index in [0.717, 1.165) is 24.9 Å². The minimum absolute atomic E-state index is 0.111. The summed E-state index contributed by atoms with van der Waals surface area (Å²) in [5.74, 6) is -0.146. The number of aromatic amines is 1. The molecular weight excluding hydrogens is 442 g/mol. The number of ether oxygens (including phenoxy) is 1. The van der Waals surface area contributed by atoms with Gasteiger partial charge in [0.1, 0.15) is 6.04 Å². The zero-order chi connectivity index (χ0) is 23.1. The average molecular weight is 472 g/mol. The Bertz CT molecular complexity index is 1280. The highest BCUT2D eigenvalue weighted by Crippen LogP contribution is 2.48. The predicted molar refractivity (Wildman–Crippen MR) is 136 cm³/mol. The first-order chi connectivity index (χ1) is 16.7. The second-order valence-corrected chi connectivity index (χ2v) is 10.4. The fourth-order valence-electron chi connectivity index (χ4n) is 5.97. The van der Waals surface area contributed by atoms with Gasteiger partial charge in [0.05, 0.1) is 13.2 Å². The number of esters is 1. The van der Waals surface area contributed by atoms with Gasteiger partial charge in [-0.1, -0.05) is 54.6 Å². The molecule has 0 unspecified atom stereocenters. The maximum absolute atomic E-state index is 13.1. The van der Waals surface area contributed by atoms with E-state index in [1.165, 1.54) is 34.2 Å². The maximum atomic E-state index is 13.1. The van der Waals surface area contributed by atoms with Gasteiger partial charge < -0.3 is 15.0 Å². The molecule has 6 rings (SSSR count). The summed E-state index contributed by atoms with van der Waals surface area (Å²) < 4.78 is 5.34. The van der Waals surface area contributed by atoms with Crippen molar-refractivity contribution in [2.45, 2.75) is 50.0 Å². The molecule has 2 N–H and O–H groups in total. The van der Waals surface area contributed by atoms with Crippen LogP contribution in [0.3, 0.4) is 0 Å². The summed E-state index contributed by atoms with van der Waals surface area (Å²) in [6, 6.07) is 23.6. The molecule has 34 heavy (non-hydrogen) atoms. The van der Waals surface area contributed by atoms with Gasteiger partial charge in [0.15, 0.2) is 0 Å². The van der Waals surface area contributed by atoms with Crippen molar-refractivity contribution in [2.24, 2.45) is 0 Å². The van der Waals surface area contributed by atoms with E-state index in [0.29, 0.717) is 12.5 Å². The van der Waals surface area contributed by atoms with Crippen LogP contribution >= 0.6 is 11.3 Å². The Morgan fingerprint density at radius 3 is 2.65 bits per heavy atom. The number of nitrogens with one attached hydrogen (secondary N) is 2. The highest BCUT2D eigenvalue weighted by atomic mass is 32.1.